The average Bonchev–Trinajstić information content (AvgIpc) is 3.27. The Hall–Kier alpha value is -2.74. The highest BCUT2D eigenvalue weighted by Crippen LogP contribution is 2.33. The molecule has 0 atom stereocenters. The third-order valence-corrected chi connectivity index (χ3v) is 6.88. The minimum absolute atomic E-state index is 0.00786. The molecule has 2 aliphatic rings. The molecule has 2 aromatic carbocycles. The van der Waals surface area contributed by atoms with E-state index in [0.29, 0.717) is 48.4 Å². The van der Waals surface area contributed by atoms with Crippen molar-refractivity contribution in [3.8, 4) is 11.5 Å². The van der Waals surface area contributed by atoms with Crippen molar-refractivity contribution in [1.82, 2.24) is 0 Å². The van der Waals surface area contributed by atoms with E-state index < -0.39 is 10.0 Å². The van der Waals surface area contributed by atoms with Crippen LogP contribution >= 0.6 is 0 Å². The molecule has 1 heterocycles. The van der Waals surface area contributed by atoms with E-state index in [4.69, 9.17) is 9.47 Å². The minimum atomic E-state index is -3.77. The molecular weight excluding hydrogens is 404 g/mol. The molecule has 0 saturated heterocycles. The molecule has 4 rings (SSSR count). The summed E-state index contributed by atoms with van der Waals surface area (Å²) < 4.78 is 38.8. The van der Waals surface area contributed by atoms with Gasteiger partial charge in [-0.2, -0.15) is 0 Å². The van der Waals surface area contributed by atoms with Gasteiger partial charge in [0, 0.05) is 23.9 Å². The molecule has 7 nitrogen and oxygen atoms in total. The van der Waals surface area contributed by atoms with Crippen molar-refractivity contribution in [2.45, 2.75) is 43.4 Å². The highest BCUT2D eigenvalue weighted by molar-refractivity contribution is 7.92. The summed E-state index contributed by atoms with van der Waals surface area (Å²) >= 11 is 0. The number of rotatable bonds is 7. The van der Waals surface area contributed by atoms with Crippen molar-refractivity contribution in [3.05, 3.63) is 42.5 Å². The predicted octanol–water partition coefficient (Wildman–Crippen LogP) is 4.17. The fourth-order valence-corrected chi connectivity index (χ4v) is 4.96. The van der Waals surface area contributed by atoms with Crippen molar-refractivity contribution in [3.63, 3.8) is 0 Å². The normalized spacial score (nSPS) is 16.3. The van der Waals surface area contributed by atoms with Gasteiger partial charge >= 0.3 is 0 Å². The van der Waals surface area contributed by atoms with E-state index in [1.807, 2.05) is 0 Å². The number of ether oxygens (including phenoxy) is 2. The quantitative estimate of drug-likeness (QED) is 0.688. The van der Waals surface area contributed by atoms with Crippen LogP contribution in [0.5, 0.6) is 11.5 Å². The fraction of sp³-hybridized carbons (Fsp3) is 0.409. The number of fused-ring (bicyclic) bond motifs is 1. The second-order valence-corrected chi connectivity index (χ2v) is 9.41. The number of carbonyl (C=O) groups is 1. The van der Waals surface area contributed by atoms with Gasteiger partial charge in [-0.1, -0.05) is 25.7 Å². The zero-order chi connectivity index (χ0) is 21.0. The molecule has 160 valence electrons. The molecule has 0 unspecified atom stereocenters. The molecule has 0 bridgehead atoms. The summed E-state index contributed by atoms with van der Waals surface area (Å²) in [5, 5.41) is 2.88. The van der Waals surface area contributed by atoms with Gasteiger partial charge in [-0.05, 0) is 48.7 Å². The van der Waals surface area contributed by atoms with Gasteiger partial charge in [-0.3, -0.25) is 9.52 Å². The molecular formula is C22H26N2O5S. The summed E-state index contributed by atoms with van der Waals surface area (Å²) in [4.78, 5) is 12.2. The molecule has 1 aliphatic heterocycles. The third-order valence-electron chi connectivity index (χ3n) is 5.50. The highest BCUT2D eigenvalue weighted by atomic mass is 32.2. The van der Waals surface area contributed by atoms with Crippen LogP contribution in [0.15, 0.2) is 47.4 Å². The van der Waals surface area contributed by atoms with Crippen LogP contribution in [0.3, 0.4) is 0 Å². The number of benzene rings is 2. The van der Waals surface area contributed by atoms with Crippen LogP contribution in [0.4, 0.5) is 11.4 Å². The van der Waals surface area contributed by atoms with Gasteiger partial charge < -0.3 is 14.8 Å². The van der Waals surface area contributed by atoms with Crippen LogP contribution in [0.2, 0.25) is 0 Å². The number of amides is 1. The van der Waals surface area contributed by atoms with Gasteiger partial charge in [-0.15, -0.1) is 0 Å². The van der Waals surface area contributed by atoms with Crippen LogP contribution in [0.1, 0.15) is 38.5 Å². The predicted molar refractivity (Wildman–Crippen MR) is 115 cm³/mol. The lowest BCUT2D eigenvalue weighted by molar-refractivity contribution is -0.116. The summed E-state index contributed by atoms with van der Waals surface area (Å²) in [6.45, 7) is 0.832. The Balaban J connectivity index is 1.35. The number of anilines is 2. The van der Waals surface area contributed by atoms with Crippen molar-refractivity contribution < 1.29 is 22.7 Å². The molecule has 1 amide bonds. The van der Waals surface area contributed by atoms with E-state index >= 15 is 0 Å². The van der Waals surface area contributed by atoms with Crippen molar-refractivity contribution in [1.29, 1.82) is 0 Å². The first-order valence-electron chi connectivity index (χ1n) is 10.3. The maximum absolute atomic E-state index is 12.7. The molecule has 0 radical (unpaired) electrons. The summed E-state index contributed by atoms with van der Waals surface area (Å²) in [5.41, 5.74) is 1.06. The Kier molecular flexibility index (Phi) is 6.13. The number of nitrogens with one attached hydrogen (secondary N) is 2. The number of sulfonamides is 1. The Morgan fingerprint density at radius 2 is 1.60 bits per heavy atom. The highest BCUT2D eigenvalue weighted by Gasteiger charge is 2.20. The minimum Gasteiger partial charge on any atom is -0.486 e. The Morgan fingerprint density at radius 3 is 2.33 bits per heavy atom. The first kappa shape index (κ1) is 20.5. The number of hydrogen-bond donors (Lipinski definition) is 2. The molecule has 30 heavy (non-hydrogen) atoms. The molecule has 8 heteroatoms. The fourth-order valence-electron chi connectivity index (χ4n) is 3.88. The summed E-state index contributed by atoms with van der Waals surface area (Å²) in [7, 11) is -3.77. The Morgan fingerprint density at radius 1 is 0.933 bits per heavy atom. The van der Waals surface area contributed by atoms with Gasteiger partial charge in [0.1, 0.15) is 13.2 Å². The molecule has 1 saturated carbocycles. The molecule has 1 aliphatic carbocycles. The largest absolute Gasteiger partial charge is 0.486 e. The van der Waals surface area contributed by atoms with E-state index in [-0.39, 0.29) is 10.8 Å². The van der Waals surface area contributed by atoms with Gasteiger partial charge in [0.25, 0.3) is 10.0 Å². The SMILES string of the molecule is O=C(CCC1CCCC1)Nc1ccc(NS(=O)(=O)c2ccc3c(c2)OCCO3)cc1. The van der Waals surface area contributed by atoms with Gasteiger partial charge in [0.05, 0.1) is 4.90 Å². The van der Waals surface area contributed by atoms with Crippen molar-refractivity contribution in [2.75, 3.05) is 23.3 Å². The number of hydrogen-bond acceptors (Lipinski definition) is 5. The molecule has 2 aromatic rings. The van der Waals surface area contributed by atoms with Gasteiger partial charge in [-0.25, -0.2) is 8.42 Å². The smallest absolute Gasteiger partial charge is 0.262 e. The van der Waals surface area contributed by atoms with Crippen LogP contribution in [-0.4, -0.2) is 27.5 Å². The first-order valence-corrected chi connectivity index (χ1v) is 11.8. The first-order chi connectivity index (χ1) is 14.5. The monoisotopic (exact) mass is 430 g/mol. The Labute approximate surface area is 176 Å². The van der Waals surface area contributed by atoms with Gasteiger partial charge in [0.15, 0.2) is 11.5 Å². The summed E-state index contributed by atoms with van der Waals surface area (Å²) in [6, 6.07) is 11.2. The summed E-state index contributed by atoms with van der Waals surface area (Å²) in [5.74, 6) is 1.62. The molecule has 2 N–H and O–H groups in total. The van der Waals surface area contributed by atoms with E-state index in [0.717, 1.165) is 6.42 Å². The van der Waals surface area contributed by atoms with Gasteiger partial charge in [0.2, 0.25) is 5.91 Å². The van der Waals surface area contributed by atoms with E-state index in [1.54, 1.807) is 30.3 Å². The topological polar surface area (TPSA) is 93.7 Å². The van der Waals surface area contributed by atoms with E-state index in [9.17, 15) is 13.2 Å². The second-order valence-electron chi connectivity index (χ2n) is 7.73. The lowest BCUT2D eigenvalue weighted by Gasteiger charge is -2.19. The number of carbonyl (C=O) groups excluding carboxylic acids is 1. The zero-order valence-electron chi connectivity index (χ0n) is 16.7. The van der Waals surface area contributed by atoms with E-state index in [1.165, 1.54) is 37.8 Å². The molecule has 0 aromatic heterocycles. The average molecular weight is 431 g/mol. The standard InChI is InChI=1S/C22H26N2O5S/c25-22(12-5-16-3-1-2-4-16)23-17-6-8-18(9-7-17)24-30(26,27)19-10-11-20-21(15-19)29-14-13-28-20/h6-11,15-16,24H,1-5,12-14H2,(H,23,25). The van der Waals surface area contributed by atoms with E-state index in [2.05, 4.69) is 10.0 Å². The lowest BCUT2D eigenvalue weighted by Crippen LogP contribution is -2.17. The molecule has 0 spiro atoms. The maximum Gasteiger partial charge on any atom is 0.262 e. The van der Waals surface area contributed by atoms with Crippen LogP contribution < -0.4 is 19.5 Å². The van der Waals surface area contributed by atoms with Crippen molar-refractivity contribution >= 4 is 27.3 Å². The van der Waals surface area contributed by atoms with Crippen LogP contribution in [-0.2, 0) is 14.8 Å². The second kappa shape index (κ2) is 8.95. The lowest BCUT2D eigenvalue weighted by atomic mass is 10.0. The zero-order valence-corrected chi connectivity index (χ0v) is 17.5. The molecule has 1 fully saturated rings. The Bertz CT molecular complexity index is 999. The van der Waals surface area contributed by atoms with Crippen LogP contribution in [0.25, 0.3) is 0 Å². The maximum atomic E-state index is 12.7. The summed E-state index contributed by atoms with van der Waals surface area (Å²) in [6.07, 6.45) is 6.45. The van der Waals surface area contributed by atoms with Crippen LogP contribution in [0, 0.1) is 5.92 Å². The van der Waals surface area contributed by atoms with Crippen molar-refractivity contribution in [2.24, 2.45) is 5.92 Å². The third kappa shape index (κ3) is 5.05.